The maximum atomic E-state index is 14.0. The largest absolute Gasteiger partial charge is 0.355 e. The van der Waals surface area contributed by atoms with Gasteiger partial charge < -0.3 is 10.6 Å². The molecule has 22 heavy (non-hydrogen) atoms. The lowest BCUT2D eigenvalue weighted by atomic mass is 9.83. The molecule has 2 N–H and O–H groups in total. The molecule has 0 aromatic heterocycles. The van der Waals surface area contributed by atoms with Crippen LogP contribution in [-0.2, 0) is 10.2 Å². The molecule has 0 bridgehead atoms. The number of halogens is 3. The summed E-state index contributed by atoms with van der Waals surface area (Å²) < 4.78 is 14.0. The van der Waals surface area contributed by atoms with Crippen molar-refractivity contribution in [3.8, 4) is 0 Å². The molecule has 1 unspecified atom stereocenters. The van der Waals surface area contributed by atoms with Crippen LogP contribution in [0.2, 0.25) is 5.02 Å². The molecule has 1 aromatic carbocycles. The molecule has 0 radical (unpaired) electrons. The molecular formula is C16H23Cl2FN2O. The van der Waals surface area contributed by atoms with Gasteiger partial charge in [0.2, 0.25) is 5.91 Å². The van der Waals surface area contributed by atoms with E-state index in [-0.39, 0.29) is 30.0 Å². The predicted octanol–water partition coefficient (Wildman–Crippen LogP) is 3.15. The van der Waals surface area contributed by atoms with Crippen molar-refractivity contribution in [2.24, 2.45) is 11.8 Å². The Hall–Kier alpha value is -0.840. The Morgan fingerprint density at radius 2 is 2.14 bits per heavy atom. The summed E-state index contributed by atoms with van der Waals surface area (Å²) in [6.45, 7) is 7.83. The molecule has 1 saturated heterocycles. The molecule has 0 spiro atoms. The summed E-state index contributed by atoms with van der Waals surface area (Å²) in [6.07, 6.45) is 0. The first-order valence-corrected chi connectivity index (χ1v) is 7.63. The van der Waals surface area contributed by atoms with E-state index in [1.54, 1.807) is 12.1 Å². The van der Waals surface area contributed by atoms with Crippen molar-refractivity contribution in [2.45, 2.75) is 26.2 Å². The van der Waals surface area contributed by atoms with Crippen LogP contribution in [0.3, 0.4) is 0 Å². The highest BCUT2D eigenvalue weighted by atomic mass is 35.5. The van der Waals surface area contributed by atoms with Gasteiger partial charge in [-0.2, -0.15) is 0 Å². The fraction of sp³-hybridized carbons (Fsp3) is 0.562. The zero-order valence-electron chi connectivity index (χ0n) is 13.1. The van der Waals surface area contributed by atoms with Crippen molar-refractivity contribution in [2.75, 3.05) is 19.6 Å². The van der Waals surface area contributed by atoms with Crippen LogP contribution in [0, 0.1) is 17.7 Å². The first-order valence-electron chi connectivity index (χ1n) is 7.26. The molecule has 1 fully saturated rings. The van der Waals surface area contributed by atoms with E-state index in [9.17, 15) is 9.18 Å². The molecule has 1 heterocycles. The number of carbonyl (C=O) groups is 1. The van der Waals surface area contributed by atoms with Crippen LogP contribution in [0.15, 0.2) is 18.2 Å². The lowest BCUT2D eigenvalue weighted by Crippen LogP contribution is -2.50. The summed E-state index contributed by atoms with van der Waals surface area (Å²) in [5.41, 5.74) is -0.111. The maximum absolute atomic E-state index is 14.0. The highest BCUT2D eigenvalue weighted by molar-refractivity contribution is 6.31. The lowest BCUT2D eigenvalue weighted by Gasteiger charge is -2.33. The van der Waals surface area contributed by atoms with Gasteiger partial charge in [-0.25, -0.2) is 4.39 Å². The SMILES string of the molecule is CC(C(=O)NCC(C)(C)c1c(F)cccc1Cl)C1CNC1.Cl. The topological polar surface area (TPSA) is 41.1 Å². The Kier molecular flexibility index (Phi) is 6.65. The van der Waals surface area contributed by atoms with Gasteiger partial charge in [-0.15, -0.1) is 12.4 Å². The number of amides is 1. The number of nitrogens with one attached hydrogen (secondary N) is 2. The molecule has 1 atom stereocenters. The van der Waals surface area contributed by atoms with Crippen molar-refractivity contribution < 1.29 is 9.18 Å². The van der Waals surface area contributed by atoms with Gasteiger partial charge >= 0.3 is 0 Å². The standard InChI is InChI=1S/C16H22ClFN2O.ClH/c1-10(11-7-19-8-11)15(21)20-9-16(2,3)14-12(17)5-4-6-13(14)18;/h4-6,10-11,19H,7-9H2,1-3H3,(H,20,21);1H. The minimum atomic E-state index is -0.560. The van der Waals surface area contributed by atoms with Crippen molar-refractivity contribution >= 4 is 29.9 Å². The summed E-state index contributed by atoms with van der Waals surface area (Å²) in [6, 6.07) is 4.65. The van der Waals surface area contributed by atoms with E-state index in [0.717, 1.165) is 13.1 Å². The molecule has 1 amide bonds. The first kappa shape index (κ1) is 19.2. The fourth-order valence-corrected chi connectivity index (χ4v) is 3.00. The molecule has 0 saturated carbocycles. The zero-order valence-corrected chi connectivity index (χ0v) is 14.7. The highest BCUT2D eigenvalue weighted by Gasteiger charge is 2.31. The zero-order chi connectivity index (χ0) is 15.6. The molecule has 2 rings (SSSR count). The first-order chi connectivity index (χ1) is 9.83. The molecule has 1 aliphatic heterocycles. The highest BCUT2D eigenvalue weighted by Crippen LogP contribution is 2.31. The minimum absolute atomic E-state index is 0. The van der Waals surface area contributed by atoms with Gasteiger partial charge in [-0.1, -0.05) is 38.4 Å². The van der Waals surface area contributed by atoms with Crippen LogP contribution in [0.1, 0.15) is 26.3 Å². The Morgan fingerprint density at radius 1 is 1.50 bits per heavy atom. The number of benzene rings is 1. The Balaban J connectivity index is 0.00000242. The van der Waals surface area contributed by atoms with Crippen LogP contribution < -0.4 is 10.6 Å². The summed E-state index contributed by atoms with van der Waals surface area (Å²) in [5.74, 6) is 0.0448. The van der Waals surface area contributed by atoms with Crippen molar-refractivity contribution in [1.29, 1.82) is 0 Å². The monoisotopic (exact) mass is 348 g/mol. The van der Waals surface area contributed by atoms with Crippen molar-refractivity contribution in [1.82, 2.24) is 10.6 Å². The maximum Gasteiger partial charge on any atom is 0.223 e. The van der Waals surface area contributed by atoms with E-state index in [1.165, 1.54) is 6.07 Å². The summed E-state index contributed by atoms with van der Waals surface area (Å²) in [7, 11) is 0. The third-order valence-corrected chi connectivity index (χ3v) is 4.59. The number of rotatable bonds is 5. The average molecular weight is 349 g/mol. The molecule has 1 aliphatic rings. The number of hydrogen-bond acceptors (Lipinski definition) is 2. The molecule has 124 valence electrons. The van der Waals surface area contributed by atoms with Gasteiger partial charge in [0.15, 0.2) is 0 Å². The molecule has 6 heteroatoms. The van der Waals surface area contributed by atoms with Crippen LogP contribution >= 0.6 is 24.0 Å². The molecule has 1 aromatic rings. The van der Waals surface area contributed by atoms with E-state index < -0.39 is 5.41 Å². The van der Waals surface area contributed by atoms with Crippen LogP contribution in [0.5, 0.6) is 0 Å². The smallest absolute Gasteiger partial charge is 0.223 e. The minimum Gasteiger partial charge on any atom is -0.355 e. The average Bonchev–Trinajstić information content (AvgIpc) is 2.33. The molecule has 0 aliphatic carbocycles. The van der Waals surface area contributed by atoms with Gasteiger partial charge in [0, 0.05) is 28.5 Å². The summed E-state index contributed by atoms with van der Waals surface area (Å²) in [4.78, 5) is 12.2. The van der Waals surface area contributed by atoms with Gasteiger partial charge in [-0.05, 0) is 31.1 Å². The van der Waals surface area contributed by atoms with Crippen LogP contribution in [0.4, 0.5) is 4.39 Å². The Morgan fingerprint density at radius 3 is 2.64 bits per heavy atom. The van der Waals surface area contributed by atoms with E-state index in [4.69, 9.17) is 11.6 Å². The van der Waals surface area contributed by atoms with Crippen LogP contribution in [-0.4, -0.2) is 25.5 Å². The molecule has 3 nitrogen and oxygen atoms in total. The summed E-state index contributed by atoms with van der Waals surface area (Å²) in [5, 5.41) is 6.49. The quantitative estimate of drug-likeness (QED) is 0.858. The second-order valence-corrected chi connectivity index (χ2v) is 6.81. The lowest BCUT2D eigenvalue weighted by molar-refractivity contribution is -0.126. The summed E-state index contributed by atoms with van der Waals surface area (Å²) >= 11 is 6.11. The fourth-order valence-electron chi connectivity index (χ4n) is 2.58. The third kappa shape index (κ3) is 4.12. The van der Waals surface area contributed by atoms with Gasteiger partial charge in [0.05, 0.1) is 0 Å². The van der Waals surface area contributed by atoms with Crippen LogP contribution in [0.25, 0.3) is 0 Å². The van der Waals surface area contributed by atoms with Crippen molar-refractivity contribution in [3.05, 3.63) is 34.6 Å². The van der Waals surface area contributed by atoms with Crippen molar-refractivity contribution in [3.63, 3.8) is 0 Å². The third-order valence-electron chi connectivity index (χ3n) is 4.28. The van der Waals surface area contributed by atoms with E-state index in [1.807, 2.05) is 20.8 Å². The van der Waals surface area contributed by atoms with E-state index in [2.05, 4.69) is 10.6 Å². The van der Waals surface area contributed by atoms with Gasteiger partial charge in [0.25, 0.3) is 0 Å². The Bertz CT molecular complexity index is 513. The predicted molar refractivity (Wildman–Crippen MR) is 90.2 cm³/mol. The van der Waals surface area contributed by atoms with Gasteiger partial charge in [0.1, 0.15) is 5.82 Å². The molecular weight excluding hydrogens is 326 g/mol. The van der Waals surface area contributed by atoms with E-state index >= 15 is 0 Å². The van der Waals surface area contributed by atoms with E-state index in [0.29, 0.717) is 23.0 Å². The van der Waals surface area contributed by atoms with Gasteiger partial charge in [-0.3, -0.25) is 4.79 Å². The number of carbonyl (C=O) groups excluding carboxylic acids is 1. The Labute approximate surface area is 142 Å². The second-order valence-electron chi connectivity index (χ2n) is 6.41. The number of hydrogen-bond donors (Lipinski definition) is 2. The second kappa shape index (κ2) is 7.62. The normalized spacial score (nSPS) is 16.4.